The quantitative estimate of drug-likeness (QED) is 0.705. The SMILES string of the molecule is NC(=S)c1ccc(NCCc2ncno2)c2ccccc12. The van der Waals surface area contributed by atoms with Gasteiger partial charge >= 0.3 is 0 Å². The summed E-state index contributed by atoms with van der Waals surface area (Å²) in [5.74, 6) is 0.617. The topological polar surface area (TPSA) is 77.0 Å². The first-order valence-corrected chi connectivity index (χ1v) is 6.97. The van der Waals surface area contributed by atoms with Crippen LogP contribution in [0.15, 0.2) is 47.2 Å². The zero-order valence-corrected chi connectivity index (χ0v) is 12.1. The van der Waals surface area contributed by atoms with E-state index in [1.165, 1.54) is 6.33 Å². The highest BCUT2D eigenvalue weighted by molar-refractivity contribution is 7.80. The van der Waals surface area contributed by atoms with Gasteiger partial charge in [0.15, 0.2) is 6.33 Å². The first-order valence-electron chi connectivity index (χ1n) is 6.56. The van der Waals surface area contributed by atoms with Crippen LogP contribution in [-0.2, 0) is 6.42 Å². The second kappa shape index (κ2) is 5.88. The van der Waals surface area contributed by atoms with Crippen molar-refractivity contribution in [1.29, 1.82) is 0 Å². The number of anilines is 1. The molecule has 1 aromatic heterocycles. The van der Waals surface area contributed by atoms with Gasteiger partial charge in [-0.25, -0.2) is 0 Å². The van der Waals surface area contributed by atoms with Gasteiger partial charge in [0.2, 0.25) is 5.89 Å². The van der Waals surface area contributed by atoms with Crippen molar-refractivity contribution in [3.8, 4) is 0 Å². The van der Waals surface area contributed by atoms with E-state index in [1.807, 2.05) is 36.4 Å². The molecule has 0 radical (unpaired) electrons. The third-order valence-electron chi connectivity index (χ3n) is 3.25. The van der Waals surface area contributed by atoms with E-state index in [2.05, 4.69) is 15.5 Å². The average molecular weight is 298 g/mol. The predicted molar refractivity (Wildman–Crippen MR) is 86.3 cm³/mol. The number of fused-ring (bicyclic) bond motifs is 1. The van der Waals surface area contributed by atoms with E-state index >= 15 is 0 Å². The van der Waals surface area contributed by atoms with Crippen molar-refractivity contribution in [2.24, 2.45) is 5.73 Å². The summed E-state index contributed by atoms with van der Waals surface area (Å²) >= 11 is 5.10. The summed E-state index contributed by atoms with van der Waals surface area (Å²) in [5, 5.41) is 9.11. The number of nitrogens with zero attached hydrogens (tertiary/aromatic N) is 2. The fourth-order valence-corrected chi connectivity index (χ4v) is 2.46. The van der Waals surface area contributed by atoms with Gasteiger partial charge in [0, 0.05) is 29.6 Å². The van der Waals surface area contributed by atoms with Crippen molar-refractivity contribution in [2.75, 3.05) is 11.9 Å². The molecule has 3 N–H and O–H groups in total. The van der Waals surface area contributed by atoms with Gasteiger partial charge < -0.3 is 15.6 Å². The molecule has 5 nitrogen and oxygen atoms in total. The van der Waals surface area contributed by atoms with Crippen LogP contribution in [0, 0.1) is 0 Å². The molecule has 0 aliphatic heterocycles. The van der Waals surface area contributed by atoms with Crippen molar-refractivity contribution in [3.05, 3.63) is 54.2 Å². The molecular formula is C15H14N4OS. The first-order chi connectivity index (χ1) is 10.3. The second-order valence-corrected chi connectivity index (χ2v) is 5.02. The first kappa shape index (κ1) is 13.5. The summed E-state index contributed by atoms with van der Waals surface area (Å²) in [6.45, 7) is 0.707. The molecule has 3 aromatic rings. The molecule has 0 saturated heterocycles. The number of nitrogens with one attached hydrogen (secondary N) is 1. The highest BCUT2D eigenvalue weighted by atomic mass is 32.1. The molecule has 3 rings (SSSR count). The van der Waals surface area contributed by atoms with Crippen LogP contribution in [0.25, 0.3) is 10.8 Å². The van der Waals surface area contributed by atoms with E-state index < -0.39 is 0 Å². The van der Waals surface area contributed by atoms with Crippen molar-refractivity contribution in [3.63, 3.8) is 0 Å². The lowest BCUT2D eigenvalue weighted by Gasteiger charge is -2.12. The van der Waals surface area contributed by atoms with Crippen molar-refractivity contribution >= 4 is 33.7 Å². The Morgan fingerprint density at radius 1 is 1.19 bits per heavy atom. The lowest BCUT2D eigenvalue weighted by atomic mass is 10.0. The number of hydrogen-bond acceptors (Lipinski definition) is 5. The van der Waals surface area contributed by atoms with Gasteiger partial charge in [-0.15, -0.1) is 0 Å². The molecule has 0 aliphatic carbocycles. The predicted octanol–water partition coefficient (Wildman–Crippen LogP) is 2.51. The number of hydrogen-bond donors (Lipinski definition) is 2. The van der Waals surface area contributed by atoms with E-state index in [4.69, 9.17) is 22.5 Å². The van der Waals surface area contributed by atoms with Crippen molar-refractivity contribution in [1.82, 2.24) is 10.1 Å². The van der Waals surface area contributed by atoms with Crippen LogP contribution < -0.4 is 11.1 Å². The highest BCUT2D eigenvalue weighted by Crippen LogP contribution is 2.26. The molecule has 106 valence electrons. The van der Waals surface area contributed by atoms with Crippen LogP contribution in [0.2, 0.25) is 0 Å². The van der Waals surface area contributed by atoms with Crippen LogP contribution in [0.4, 0.5) is 5.69 Å². The highest BCUT2D eigenvalue weighted by Gasteiger charge is 2.07. The Bertz CT molecular complexity index is 770. The summed E-state index contributed by atoms with van der Waals surface area (Å²) in [7, 11) is 0. The number of nitrogens with two attached hydrogens (primary N) is 1. The van der Waals surface area contributed by atoms with Crippen LogP contribution in [-0.4, -0.2) is 21.7 Å². The van der Waals surface area contributed by atoms with E-state index in [0.29, 0.717) is 23.8 Å². The number of aromatic nitrogens is 2. The summed E-state index contributed by atoms with van der Waals surface area (Å²) in [6, 6.07) is 12.0. The van der Waals surface area contributed by atoms with Crippen molar-refractivity contribution < 1.29 is 4.52 Å². The minimum absolute atomic E-state index is 0.406. The van der Waals surface area contributed by atoms with Gasteiger partial charge in [0.25, 0.3) is 0 Å². The maximum absolute atomic E-state index is 5.78. The molecule has 0 fully saturated rings. The standard InChI is InChI=1S/C15H14N4OS/c16-15(21)12-5-6-13(11-4-2-1-3-10(11)12)17-8-7-14-18-9-19-20-14/h1-6,9,17H,7-8H2,(H2,16,21). The van der Waals surface area contributed by atoms with E-state index in [-0.39, 0.29) is 0 Å². The molecule has 0 amide bonds. The number of rotatable bonds is 5. The normalized spacial score (nSPS) is 10.7. The van der Waals surface area contributed by atoms with E-state index in [0.717, 1.165) is 22.0 Å². The summed E-state index contributed by atoms with van der Waals surface area (Å²) in [4.78, 5) is 4.40. The van der Waals surface area contributed by atoms with E-state index in [1.54, 1.807) is 0 Å². The Kier molecular flexibility index (Phi) is 3.79. The Morgan fingerprint density at radius 3 is 2.71 bits per heavy atom. The van der Waals surface area contributed by atoms with Gasteiger partial charge in [-0.05, 0) is 17.5 Å². The fraction of sp³-hybridized carbons (Fsp3) is 0.133. The third-order valence-corrected chi connectivity index (χ3v) is 3.47. The molecule has 2 aromatic carbocycles. The van der Waals surface area contributed by atoms with Gasteiger partial charge in [-0.3, -0.25) is 0 Å². The maximum atomic E-state index is 5.78. The molecule has 0 bridgehead atoms. The Morgan fingerprint density at radius 2 is 2.00 bits per heavy atom. The Labute approximate surface area is 127 Å². The zero-order chi connectivity index (χ0) is 14.7. The Balaban J connectivity index is 1.85. The summed E-state index contributed by atoms with van der Waals surface area (Å²) in [6.07, 6.45) is 2.08. The van der Waals surface area contributed by atoms with Crippen molar-refractivity contribution in [2.45, 2.75) is 6.42 Å². The monoisotopic (exact) mass is 298 g/mol. The lowest BCUT2D eigenvalue weighted by molar-refractivity contribution is 0.380. The van der Waals surface area contributed by atoms with Gasteiger partial charge in [-0.1, -0.05) is 41.6 Å². The molecule has 0 atom stereocenters. The minimum Gasteiger partial charge on any atom is -0.389 e. The minimum atomic E-state index is 0.406. The van der Waals surface area contributed by atoms with Crippen LogP contribution in [0.1, 0.15) is 11.5 Å². The molecule has 0 unspecified atom stereocenters. The van der Waals surface area contributed by atoms with E-state index in [9.17, 15) is 0 Å². The van der Waals surface area contributed by atoms with Crippen LogP contribution in [0.3, 0.4) is 0 Å². The Hall–Kier alpha value is -2.47. The van der Waals surface area contributed by atoms with Gasteiger partial charge in [-0.2, -0.15) is 4.98 Å². The number of thiocarbonyl (C=S) groups is 1. The molecule has 0 spiro atoms. The molecule has 6 heteroatoms. The number of benzene rings is 2. The summed E-state index contributed by atoms with van der Waals surface area (Å²) < 4.78 is 4.97. The zero-order valence-electron chi connectivity index (χ0n) is 11.2. The second-order valence-electron chi connectivity index (χ2n) is 4.58. The third kappa shape index (κ3) is 2.85. The van der Waals surface area contributed by atoms with Gasteiger partial charge in [0.05, 0.1) is 0 Å². The van der Waals surface area contributed by atoms with Crippen LogP contribution in [0.5, 0.6) is 0 Å². The molecule has 0 aliphatic rings. The molecule has 1 heterocycles. The molecular weight excluding hydrogens is 284 g/mol. The lowest BCUT2D eigenvalue weighted by Crippen LogP contribution is -2.11. The maximum Gasteiger partial charge on any atom is 0.228 e. The molecule has 21 heavy (non-hydrogen) atoms. The average Bonchev–Trinajstić information content (AvgIpc) is 3.00. The fourth-order valence-electron chi connectivity index (χ4n) is 2.28. The molecule has 0 saturated carbocycles. The smallest absolute Gasteiger partial charge is 0.228 e. The van der Waals surface area contributed by atoms with Gasteiger partial charge in [0.1, 0.15) is 4.99 Å². The largest absolute Gasteiger partial charge is 0.389 e. The summed E-state index contributed by atoms with van der Waals surface area (Å²) in [5.41, 5.74) is 7.70. The van der Waals surface area contributed by atoms with Crippen LogP contribution >= 0.6 is 12.2 Å².